The van der Waals surface area contributed by atoms with E-state index < -0.39 is 0 Å². The average molecular weight is 297 g/mol. The molecule has 1 aromatic rings. The van der Waals surface area contributed by atoms with Crippen molar-refractivity contribution >= 4 is 34.2 Å². The first-order chi connectivity index (χ1) is 9.19. The highest BCUT2D eigenvalue weighted by Crippen LogP contribution is 2.37. The van der Waals surface area contributed by atoms with Crippen LogP contribution >= 0.6 is 23.4 Å². The number of ether oxygens (including phenoxy) is 1. The molecule has 3 nitrogen and oxygen atoms in total. The fourth-order valence-corrected chi connectivity index (χ4v) is 3.91. The first-order valence-electron chi connectivity index (χ1n) is 6.51. The van der Waals surface area contributed by atoms with Gasteiger partial charge < -0.3 is 10.1 Å². The number of thioether (sulfide) groups is 1. The molecule has 1 saturated heterocycles. The van der Waals surface area contributed by atoms with Crippen LogP contribution in [0.2, 0.25) is 5.02 Å². The van der Waals surface area contributed by atoms with Gasteiger partial charge in [-0.3, -0.25) is 4.99 Å². The van der Waals surface area contributed by atoms with Crippen molar-refractivity contribution in [1.29, 1.82) is 0 Å². The summed E-state index contributed by atoms with van der Waals surface area (Å²) in [5.74, 6) is 1.04. The Morgan fingerprint density at radius 2 is 2.16 bits per heavy atom. The smallest absolute Gasteiger partial charge is 0.161 e. The van der Waals surface area contributed by atoms with Gasteiger partial charge in [-0.25, -0.2) is 0 Å². The molecule has 0 radical (unpaired) electrons. The maximum atomic E-state index is 6.24. The molecule has 0 atom stereocenters. The van der Waals surface area contributed by atoms with E-state index in [1.54, 1.807) is 11.8 Å². The Morgan fingerprint density at radius 3 is 2.89 bits per heavy atom. The van der Waals surface area contributed by atoms with Gasteiger partial charge in [0.1, 0.15) is 0 Å². The summed E-state index contributed by atoms with van der Waals surface area (Å²) in [7, 11) is 0. The Labute approximate surface area is 122 Å². The van der Waals surface area contributed by atoms with Crippen LogP contribution in [0.3, 0.4) is 0 Å². The van der Waals surface area contributed by atoms with Crippen molar-refractivity contribution in [1.82, 2.24) is 0 Å². The maximum absolute atomic E-state index is 6.24. The molecule has 1 fully saturated rings. The number of aliphatic imine (C=N–C) groups is 1. The predicted molar refractivity (Wildman–Crippen MR) is 82.5 cm³/mol. The van der Waals surface area contributed by atoms with E-state index in [1.807, 2.05) is 12.1 Å². The number of anilines is 1. The molecule has 5 heteroatoms. The minimum absolute atomic E-state index is 0.0837. The molecule has 1 spiro atoms. The van der Waals surface area contributed by atoms with Crippen LogP contribution in [0, 0.1) is 6.92 Å². The molecule has 0 bridgehead atoms. The van der Waals surface area contributed by atoms with E-state index in [2.05, 4.69) is 18.3 Å². The van der Waals surface area contributed by atoms with E-state index in [0.717, 1.165) is 53.2 Å². The number of nitrogens with zero attached hydrogens (tertiary/aromatic N) is 1. The summed E-state index contributed by atoms with van der Waals surface area (Å²) in [6.07, 6.45) is 2.04. The largest absolute Gasteiger partial charge is 0.381 e. The molecule has 2 heterocycles. The third kappa shape index (κ3) is 2.76. The molecular weight excluding hydrogens is 280 g/mol. The van der Waals surface area contributed by atoms with Crippen LogP contribution in [0.1, 0.15) is 18.4 Å². The van der Waals surface area contributed by atoms with Crippen molar-refractivity contribution in [3.8, 4) is 0 Å². The van der Waals surface area contributed by atoms with Crippen LogP contribution in [0.4, 0.5) is 5.69 Å². The van der Waals surface area contributed by atoms with Crippen LogP contribution in [0.25, 0.3) is 0 Å². The summed E-state index contributed by atoms with van der Waals surface area (Å²) in [5, 5.41) is 5.12. The van der Waals surface area contributed by atoms with Crippen LogP contribution < -0.4 is 5.32 Å². The zero-order chi connectivity index (χ0) is 13.3. The highest BCUT2D eigenvalue weighted by Gasteiger charge is 2.37. The zero-order valence-electron chi connectivity index (χ0n) is 10.9. The van der Waals surface area contributed by atoms with Crippen molar-refractivity contribution in [2.45, 2.75) is 25.3 Å². The topological polar surface area (TPSA) is 33.6 Å². The van der Waals surface area contributed by atoms with Crippen molar-refractivity contribution in [2.24, 2.45) is 4.99 Å². The molecule has 0 unspecified atom stereocenters. The number of benzene rings is 1. The second-order valence-corrected chi connectivity index (χ2v) is 6.47. The van der Waals surface area contributed by atoms with Crippen molar-refractivity contribution < 1.29 is 4.74 Å². The molecule has 0 aliphatic carbocycles. The lowest BCUT2D eigenvalue weighted by Gasteiger charge is -2.29. The summed E-state index contributed by atoms with van der Waals surface area (Å²) >= 11 is 8.02. The quantitative estimate of drug-likeness (QED) is 0.858. The first-order valence-corrected chi connectivity index (χ1v) is 7.87. The van der Waals surface area contributed by atoms with Gasteiger partial charge in [0.15, 0.2) is 5.17 Å². The van der Waals surface area contributed by atoms with E-state index in [9.17, 15) is 0 Å². The summed E-state index contributed by atoms with van der Waals surface area (Å²) in [6.45, 7) is 3.70. The maximum Gasteiger partial charge on any atom is 0.161 e. The monoisotopic (exact) mass is 296 g/mol. The molecule has 3 rings (SSSR count). The lowest BCUT2D eigenvalue weighted by atomic mass is 9.93. The van der Waals surface area contributed by atoms with Crippen LogP contribution in [-0.4, -0.2) is 29.7 Å². The van der Waals surface area contributed by atoms with Crippen molar-refractivity contribution in [2.75, 3.05) is 24.3 Å². The molecule has 0 amide bonds. The molecule has 1 aromatic carbocycles. The Balaban J connectivity index is 1.79. The van der Waals surface area contributed by atoms with E-state index >= 15 is 0 Å². The van der Waals surface area contributed by atoms with Crippen LogP contribution in [0.5, 0.6) is 0 Å². The van der Waals surface area contributed by atoms with Gasteiger partial charge in [0.05, 0.1) is 16.2 Å². The number of nitrogens with one attached hydrogen (secondary N) is 1. The lowest BCUT2D eigenvalue weighted by Crippen LogP contribution is -2.34. The molecule has 19 heavy (non-hydrogen) atoms. The molecule has 2 aliphatic rings. The fourth-order valence-electron chi connectivity index (χ4n) is 2.45. The van der Waals surface area contributed by atoms with Gasteiger partial charge in [0.25, 0.3) is 0 Å². The van der Waals surface area contributed by atoms with E-state index in [-0.39, 0.29) is 5.54 Å². The van der Waals surface area contributed by atoms with Crippen molar-refractivity contribution in [3.05, 3.63) is 28.8 Å². The van der Waals surface area contributed by atoms with Crippen LogP contribution in [0.15, 0.2) is 23.2 Å². The van der Waals surface area contributed by atoms with Gasteiger partial charge in [-0.2, -0.15) is 0 Å². The molecular formula is C14H17ClN2OS. The molecule has 0 aromatic heterocycles. The fraction of sp³-hybridized carbons (Fsp3) is 0.500. The Kier molecular flexibility index (Phi) is 3.74. The summed E-state index contributed by atoms with van der Waals surface area (Å²) in [6, 6.07) is 5.92. The highest BCUT2D eigenvalue weighted by atomic mass is 35.5. The molecule has 2 aliphatic heterocycles. The Bertz CT molecular complexity index is 492. The first kappa shape index (κ1) is 13.3. The van der Waals surface area contributed by atoms with E-state index in [4.69, 9.17) is 21.3 Å². The van der Waals surface area contributed by atoms with Gasteiger partial charge >= 0.3 is 0 Å². The number of para-hydroxylation sites is 1. The van der Waals surface area contributed by atoms with Crippen LogP contribution in [-0.2, 0) is 4.74 Å². The van der Waals surface area contributed by atoms with E-state index in [0.29, 0.717) is 0 Å². The van der Waals surface area contributed by atoms with Gasteiger partial charge in [-0.1, -0.05) is 35.5 Å². The molecule has 1 N–H and O–H groups in total. The Hall–Kier alpha value is -0.710. The van der Waals surface area contributed by atoms with Gasteiger partial charge in [0.2, 0.25) is 0 Å². The van der Waals surface area contributed by atoms with Gasteiger partial charge in [0, 0.05) is 19.0 Å². The summed E-state index contributed by atoms with van der Waals surface area (Å²) < 4.78 is 5.43. The number of halogens is 1. The standard InChI is InChI=1S/C14H17ClN2OS/c1-10-3-2-4-11(15)12(10)16-13-17-14(9-19-13)5-7-18-8-6-14/h2-4H,5-9H2,1H3,(H,16,17). The predicted octanol–water partition coefficient (Wildman–Crippen LogP) is 3.71. The third-order valence-corrected chi connectivity index (χ3v) is 5.16. The average Bonchev–Trinajstić information content (AvgIpc) is 2.78. The minimum Gasteiger partial charge on any atom is -0.381 e. The van der Waals surface area contributed by atoms with Crippen molar-refractivity contribution in [3.63, 3.8) is 0 Å². The number of amidine groups is 1. The summed E-state index contributed by atoms with van der Waals surface area (Å²) in [4.78, 5) is 4.89. The second-order valence-electron chi connectivity index (χ2n) is 5.10. The number of rotatable bonds is 1. The Morgan fingerprint density at radius 1 is 1.37 bits per heavy atom. The molecule has 102 valence electrons. The van der Waals surface area contributed by atoms with Gasteiger partial charge in [-0.05, 0) is 31.4 Å². The second kappa shape index (κ2) is 5.35. The normalized spacial score (nSPS) is 21.5. The number of hydrogen-bond donors (Lipinski definition) is 1. The highest BCUT2D eigenvalue weighted by molar-refractivity contribution is 8.14. The van der Waals surface area contributed by atoms with Gasteiger partial charge in [-0.15, -0.1) is 0 Å². The third-order valence-electron chi connectivity index (χ3n) is 3.69. The summed E-state index contributed by atoms with van der Waals surface area (Å²) in [5.41, 5.74) is 2.20. The lowest BCUT2D eigenvalue weighted by molar-refractivity contribution is 0.0624. The number of hydrogen-bond acceptors (Lipinski definition) is 4. The minimum atomic E-state index is 0.0837. The number of aryl methyl sites for hydroxylation is 1. The zero-order valence-corrected chi connectivity index (χ0v) is 12.5. The SMILES string of the molecule is Cc1cccc(Cl)c1NC1=NC2(CCOCC2)CS1. The molecule has 0 saturated carbocycles. The van der Waals surface area contributed by atoms with E-state index in [1.165, 1.54) is 0 Å².